The number of nitrogens with one attached hydrogen (secondary N) is 1. The van der Waals surface area contributed by atoms with E-state index in [1.165, 1.54) is 0 Å². The Balaban J connectivity index is 0.000000671. The van der Waals surface area contributed by atoms with Crippen LogP contribution in [0.2, 0.25) is 0 Å². The molecule has 2 nitrogen and oxygen atoms in total. The van der Waals surface area contributed by atoms with Crippen molar-refractivity contribution in [1.82, 2.24) is 0 Å². The fourth-order valence-electron chi connectivity index (χ4n) is 0.982. The predicted octanol–water partition coefficient (Wildman–Crippen LogP) is 3.16. The lowest BCUT2D eigenvalue weighted by atomic mass is 10.2. The quantitative estimate of drug-likeness (QED) is 0.687. The summed E-state index contributed by atoms with van der Waals surface area (Å²) in [5.41, 5.74) is 1.88. The number of phenolic OH excluding ortho intramolecular Hbond substituents is 1. The lowest BCUT2D eigenvalue weighted by Crippen LogP contribution is -1.96. The Morgan fingerprint density at radius 1 is 1.31 bits per heavy atom. The number of phenols is 1. The number of aryl methyl sites for hydroxylation is 1. The SMILES string of the molecule is CC.CCNc1ccc(C)cc1O. The second-order valence-corrected chi connectivity index (χ2v) is 2.55. The first kappa shape index (κ1) is 11.8. The first-order valence-corrected chi connectivity index (χ1v) is 4.77. The number of benzene rings is 1. The molecule has 0 aliphatic heterocycles. The van der Waals surface area contributed by atoms with Crippen LogP contribution in [0.15, 0.2) is 18.2 Å². The highest BCUT2D eigenvalue weighted by Gasteiger charge is 1.97. The van der Waals surface area contributed by atoms with Crippen molar-refractivity contribution in [3.63, 3.8) is 0 Å². The van der Waals surface area contributed by atoms with Crippen molar-refractivity contribution in [2.45, 2.75) is 27.7 Å². The van der Waals surface area contributed by atoms with Gasteiger partial charge in [0.15, 0.2) is 0 Å². The summed E-state index contributed by atoms with van der Waals surface area (Å²) in [6.07, 6.45) is 0. The third kappa shape index (κ3) is 3.83. The summed E-state index contributed by atoms with van der Waals surface area (Å²) in [7, 11) is 0. The van der Waals surface area contributed by atoms with E-state index in [9.17, 15) is 5.11 Å². The van der Waals surface area contributed by atoms with Gasteiger partial charge in [-0.2, -0.15) is 0 Å². The number of aromatic hydroxyl groups is 1. The van der Waals surface area contributed by atoms with Crippen LogP contribution in [0.3, 0.4) is 0 Å². The molecular weight excluding hydrogens is 162 g/mol. The van der Waals surface area contributed by atoms with Crippen molar-refractivity contribution in [2.75, 3.05) is 11.9 Å². The summed E-state index contributed by atoms with van der Waals surface area (Å²) in [6, 6.07) is 5.60. The summed E-state index contributed by atoms with van der Waals surface area (Å²) < 4.78 is 0. The van der Waals surface area contributed by atoms with Gasteiger partial charge in [-0.05, 0) is 31.5 Å². The van der Waals surface area contributed by atoms with Gasteiger partial charge in [-0.15, -0.1) is 0 Å². The Morgan fingerprint density at radius 3 is 2.38 bits per heavy atom. The largest absolute Gasteiger partial charge is 0.506 e. The number of hydrogen-bond acceptors (Lipinski definition) is 2. The molecule has 1 aromatic rings. The molecular formula is C11H19NO. The summed E-state index contributed by atoms with van der Waals surface area (Å²) >= 11 is 0. The molecule has 2 N–H and O–H groups in total. The second-order valence-electron chi connectivity index (χ2n) is 2.55. The molecule has 74 valence electrons. The van der Waals surface area contributed by atoms with Gasteiger partial charge in [0, 0.05) is 6.54 Å². The maximum Gasteiger partial charge on any atom is 0.138 e. The molecule has 0 aliphatic rings. The number of hydrogen-bond donors (Lipinski definition) is 2. The monoisotopic (exact) mass is 181 g/mol. The van der Waals surface area contributed by atoms with Crippen LogP contribution in [0.4, 0.5) is 5.69 Å². The highest BCUT2D eigenvalue weighted by molar-refractivity contribution is 5.56. The summed E-state index contributed by atoms with van der Waals surface area (Å²) in [6.45, 7) is 8.78. The van der Waals surface area contributed by atoms with E-state index in [-0.39, 0.29) is 0 Å². The van der Waals surface area contributed by atoms with Crippen LogP contribution in [0.25, 0.3) is 0 Å². The zero-order valence-corrected chi connectivity index (χ0v) is 8.89. The van der Waals surface area contributed by atoms with Gasteiger partial charge in [0.2, 0.25) is 0 Å². The molecule has 0 spiro atoms. The molecule has 0 heterocycles. The molecule has 2 heteroatoms. The molecule has 0 aliphatic carbocycles. The summed E-state index contributed by atoms with van der Waals surface area (Å²) in [5, 5.41) is 12.4. The van der Waals surface area contributed by atoms with E-state index in [1.54, 1.807) is 6.07 Å². The maximum absolute atomic E-state index is 9.36. The van der Waals surface area contributed by atoms with Crippen molar-refractivity contribution in [3.8, 4) is 5.75 Å². The van der Waals surface area contributed by atoms with Crippen molar-refractivity contribution in [3.05, 3.63) is 23.8 Å². The fraction of sp³-hybridized carbons (Fsp3) is 0.455. The van der Waals surface area contributed by atoms with Gasteiger partial charge in [-0.1, -0.05) is 19.9 Å². The Hall–Kier alpha value is -1.18. The van der Waals surface area contributed by atoms with E-state index in [2.05, 4.69) is 5.32 Å². The van der Waals surface area contributed by atoms with Crippen LogP contribution in [0, 0.1) is 6.92 Å². The average Bonchev–Trinajstić information content (AvgIpc) is 2.14. The Labute approximate surface area is 80.6 Å². The minimum atomic E-state index is 0.326. The average molecular weight is 181 g/mol. The molecule has 0 atom stereocenters. The van der Waals surface area contributed by atoms with E-state index >= 15 is 0 Å². The maximum atomic E-state index is 9.36. The molecule has 1 rings (SSSR count). The molecule has 0 radical (unpaired) electrons. The second kappa shape index (κ2) is 6.35. The topological polar surface area (TPSA) is 32.3 Å². The Kier molecular flexibility index (Phi) is 5.77. The molecule has 0 aromatic heterocycles. The van der Waals surface area contributed by atoms with Gasteiger partial charge in [0.05, 0.1) is 5.69 Å². The van der Waals surface area contributed by atoms with Crippen LogP contribution in [-0.2, 0) is 0 Å². The molecule has 13 heavy (non-hydrogen) atoms. The molecule has 0 saturated heterocycles. The predicted molar refractivity (Wildman–Crippen MR) is 58.4 cm³/mol. The van der Waals surface area contributed by atoms with Crippen molar-refractivity contribution in [2.24, 2.45) is 0 Å². The third-order valence-corrected chi connectivity index (χ3v) is 1.52. The van der Waals surface area contributed by atoms with Crippen molar-refractivity contribution in [1.29, 1.82) is 0 Å². The first-order chi connectivity index (χ1) is 6.24. The molecule has 0 amide bonds. The van der Waals surface area contributed by atoms with E-state index in [0.29, 0.717) is 5.75 Å². The molecule has 1 aromatic carbocycles. The van der Waals surface area contributed by atoms with Gasteiger partial charge >= 0.3 is 0 Å². The molecule has 0 bridgehead atoms. The van der Waals surface area contributed by atoms with Gasteiger partial charge in [-0.3, -0.25) is 0 Å². The number of anilines is 1. The Morgan fingerprint density at radius 2 is 1.92 bits per heavy atom. The highest BCUT2D eigenvalue weighted by Crippen LogP contribution is 2.23. The first-order valence-electron chi connectivity index (χ1n) is 4.77. The number of rotatable bonds is 2. The van der Waals surface area contributed by atoms with Gasteiger partial charge in [0.1, 0.15) is 5.75 Å². The van der Waals surface area contributed by atoms with Crippen LogP contribution < -0.4 is 5.32 Å². The van der Waals surface area contributed by atoms with Crippen LogP contribution in [0.5, 0.6) is 5.75 Å². The molecule has 0 saturated carbocycles. The highest BCUT2D eigenvalue weighted by atomic mass is 16.3. The normalized spacial score (nSPS) is 8.62. The van der Waals surface area contributed by atoms with Gasteiger partial charge in [-0.25, -0.2) is 0 Å². The standard InChI is InChI=1S/C9H13NO.C2H6/c1-3-10-8-5-4-7(2)6-9(8)11;1-2/h4-6,10-11H,3H2,1-2H3;1-2H3. The molecule has 0 fully saturated rings. The van der Waals surface area contributed by atoms with E-state index in [0.717, 1.165) is 17.8 Å². The van der Waals surface area contributed by atoms with Gasteiger partial charge in [0.25, 0.3) is 0 Å². The van der Waals surface area contributed by atoms with Crippen LogP contribution >= 0.6 is 0 Å². The van der Waals surface area contributed by atoms with Crippen molar-refractivity contribution >= 4 is 5.69 Å². The smallest absolute Gasteiger partial charge is 0.138 e. The van der Waals surface area contributed by atoms with Crippen LogP contribution in [0.1, 0.15) is 26.3 Å². The minimum Gasteiger partial charge on any atom is -0.506 e. The Bertz CT molecular complexity index is 246. The van der Waals surface area contributed by atoms with Gasteiger partial charge < -0.3 is 10.4 Å². The minimum absolute atomic E-state index is 0.326. The van der Waals surface area contributed by atoms with E-state index in [1.807, 2.05) is 39.8 Å². The van der Waals surface area contributed by atoms with E-state index < -0.39 is 0 Å². The summed E-state index contributed by atoms with van der Waals surface area (Å²) in [4.78, 5) is 0. The lowest BCUT2D eigenvalue weighted by molar-refractivity contribution is 0.477. The fourth-order valence-corrected chi connectivity index (χ4v) is 0.982. The summed E-state index contributed by atoms with van der Waals surface area (Å²) in [5.74, 6) is 0.326. The lowest BCUT2D eigenvalue weighted by Gasteiger charge is -2.05. The van der Waals surface area contributed by atoms with E-state index in [4.69, 9.17) is 0 Å². The molecule has 0 unspecified atom stereocenters. The zero-order chi connectivity index (χ0) is 10.3. The zero-order valence-electron chi connectivity index (χ0n) is 8.89. The third-order valence-electron chi connectivity index (χ3n) is 1.52. The van der Waals surface area contributed by atoms with Crippen molar-refractivity contribution < 1.29 is 5.11 Å². The van der Waals surface area contributed by atoms with Crippen LogP contribution in [-0.4, -0.2) is 11.7 Å².